The number of hydrogen-bond donors (Lipinski definition) is 7. The first-order chi connectivity index (χ1) is 13.0. The zero-order chi connectivity index (χ0) is 21.7. The van der Waals surface area contributed by atoms with Gasteiger partial charge in [-0.1, -0.05) is 13.8 Å². The van der Waals surface area contributed by atoms with Crippen molar-refractivity contribution in [2.24, 2.45) is 28.1 Å². The highest BCUT2D eigenvalue weighted by Gasteiger charge is 2.22. The number of carboxylic acid groups (broad SMARTS) is 1. The van der Waals surface area contributed by atoms with E-state index in [0.717, 1.165) is 0 Å². The van der Waals surface area contributed by atoms with Crippen molar-refractivity contribution in [3.63, 3.8) is 0 Å². The van der Waals surface area contributed by atoms with Crippen LogP contribution in [-0.4, -0.2) is 66.5 Å². The Labute approximate surface area is 163 Å². The van der Waals surface area contributed by atoms with Crippen LogP contribution in [0.1, 0.15) is 33.1 Å². The second-order valence-corrected chi connectivity index (χ2v) is 6.63. The van der Waals surface area contributed by atoms with E-state index in [4.69, 9.17) is 22.3 Å². The van der Waals surface area contributed by atoms with Gasteiger partial charge in [0.2, 0.25) is 17.7 Å². The van der Waals surface area contributed by atoms with E-state index in [-0.39, 0.29) is 31.4 Å². The summed E-state index contributed by atoms with van der Waals surface area (Å²) in [6, 6.07) is -1.73. The summed E-state index contributed by atoms with van der Waals surface area (Å²) in [7, 11) is 0. The van der Waals surface area contributed by atoms with E-state index in [1.54, 1.807) is 0 Å². The van der Waals surface area contributed by atoms with E-state index in [1.165, 1.54) is 0 Å². The van der Waals surface area contributed by atoms with Gasteiger partial charge in [0.15, 0.2) is 5.96 Å². The van der Waals surface area contributed by atoms with Crippen molar-refractivity contribution in [3.05, 3.63) is 0 Å². The van der Waals surface area contributed by atoms with E-state index in [9.17, 15) is 19.2 Å². The first-order valence-corrected chi connectivity index (χ1v) is 8.90. The molecule has 0 aromatic carbocycles. The molecule has 2 unspecified atom stereocenters. The Morgan fingerprint density at radius 2 is 1.64 bits per heavy atom. The van der Waals surface area contributed by atoms with Gasteiger partial charge in [-0.05, 0) is 25.2 Å². The summed E-state index contributed by atoms with van der Waals surface area (Å²) < 4.78 is 0. The Hall–Kier alpha value is -2.89. The first-order valence-electron chi connectivity index (χ1n) is 8.90. The summed E-state index contributed by atoms with van der Waals surface area (Å²) in [5, 5.41) is 15.7. The van der Waals surface area contributed by atoms with Gasteiger partial charge < -0.3 is 38.3 Å². The Kier molecular flexibility index (Phi) is 11.9. The largest absolute Gasteiger partial charge is 0.480 e. The maximum Gasteiger partial charge on any atom is 0.322 e. The van der Waals surface area contributed by atoms with E-state index in [2.05, 4.69) is 20.9 Å². The molecule has 28 heavy (non-hydrogen) atoms. The Morgan fingerprint density at radius 1 is 1.04 bits per heavy atom. The number of aliphatic carboxylic acids is 1. The summed E-state index contributed by atoms with van der Waals surface area (Å²) in [4.78, 5) is 50.4. The van der Waals surface area contributed by atoms with E-state index < -0.39 is 42.3 Å². The van der Waals surface area contributed by atoms with Crippen molar-refractivity contribution in [3.8, 4) is 0 Å². The van der Waals surface area contributed by atoms with Crippen molar-refractivity contribution >= 4 is 29.7 Å². The Balaban J connectivity index is 4.65. The number of nitrogens with one attached hydrogen (secondary N) is 3. The lowest BCUT2D eigenvalue weighted by Crippen LogP contribution is -2.51. The third kappa shape index (κ3) is 12.5. The number of carbonyl (C=O) groups excluding carboxylic acids is 3. The Morgan fingerprint density at radius 3 is 2.18 bits per heavy atom. The monoisotopic (exact) mass is 401 g/mol. The number of carboxylic acids is 1. The molecule has 0 aromatic heterocycles. The standard InChI is InChI=1S/C16H31N7O5/c1-9(2)6-10(17)14(27)21-7-12(24)23-11(4-3-5-20-16(18)19)15(28)22-8-13(25)26/h9-11H,3-8,17H2,1-2H3,(H,21,27)(H,22,28)(H,23,24)(H,25,26)(H4,18,19,20). The second kappa shape index (κ2) is 13.3. The van der Waals surface area contributed by atoms with Crippen molar-refractivity contribution in [1.29, 1.82) is 0 Å². The van der Waals surface area contributed by atoms with Gasteiger partial charge in [-0.2, -0.15) is 0 Å². The minimum Gasteiger partial charge on any atom is -0.480 e. The van der Waals surface area contributed by atoms with Crippen LogP contribution in [0.3, 0.4) is 0 Å². The summed E-state index contributed by atoms with van der Waals surface area (Å²) in [6.45, 7) is 3.13. The molecule has 0 heterocycles. The van der Waals surface area contributed by atoms with Gasteiger partial charge in [-0.3, -0.25) is 24.2 Å². The highest BCUT2D eigenvalue weighted by Crippen LogP contribution is 2.02. The number of guanidine groups is 1. The molecule has 12 nitrogen and oxygen atoms in total. The SMILES string of the molecule is CC(C)CC(N)C(=O)NCC(=O)NC(CCCN=C(N)N)C(=O)NCC(=O)O. The number of aliphatic imine (C=N–C) groups is 1. The van der Waals surface area contributed by atoms with Crippen LogP contribution in [0.15, 0.2) is 4.99 Å². The minimum atomic E-state index is -1.22. The maximum atomic E-state index is 12.1. The van der Waals surface area contributed by atoms with E-state index in [0.29, 0.717) is 12.8 Å². The molecule has 160 valence electrons. The smallest absolute Gasteiger partial charge is 0.322 e. The van der Waals surface area contributed by atoms with Crippen LogP contribution >= 0.6 is 0 Å². The molecule has 3 amide bonds. The predicted molar refractivity (Wildman–Crippen MR) is 103 cm³/mol. The van der Waals surface area contributed by atoms with Crippen LogP contribution in [0.25, 0.3) is 0 Å². The summed E-state index contributed by atoms with van der Waals surface area (Å²) in [5.41, 5.74) is 16.2. The van der Waals surface area contributed by atoms with E-state index in [1.807, 2.05) is 13.8 Å². The topological polar surface area (TPSA) is 215 Å². The summed E-state index contributed by atoms with van der Waals surface area (Å²) in [6.07, 6.45) is 1.02. The molecule has 10 N–H and O–H groups in total. The number of nitrogens with two attached hydrogens (primary N) is 3. The fourth-order valence-electron chi connectivity index (χ4n) is 2.22. The normalized spacial score (nSPS) is 12.6. The summed E-state index contributed by atoms with van der Waals surface area (Å²) in [5.74, 6) is -2.84. The van der Waals surface area contributed by atoms with Crippen LogP contribution < -0.4 is 33.2 Å². The molecule has 0 aliphatic carbocycles. The van der Waals surface area contributed by atoms with Crippen LogP contribution in [0.2, 0.25) is 0 Å². The van der Waals surface area contributed by atoms with E-state index >= 15 is 0 Å². The van der Waals surface area contributed by atoms with Gasteiger partial charge in [0.05, 0.1) is 12.6 Å². The van der Waals surface area contributed by atoms with Crippen molar-refractivity contribution in [2.45, 2.75) is 45.2 Å². The van der Waals surface area contributed by atoms with Gasteiger partial charge in [0.25, 0.3) is 0 Å². The number of hydrogen-bond acceptors (Lipinski definition) is 6. The maximum absolute atomic E-state index is 12.1. The molecule has 0 aliphatic heterocycles. The molecular weight excluding hydrogens is 370 g/mol. The average Bonchev–Trinajstić information content (AvgIpc) is 2.59. The molecule has 0 saturated heterocycles. The average molecular weight is 401 g/mol. The van der Waals surface area contributed by atoms with Gasteiger partial charge in [0.1, 0.15) is 12.6 Å². The van der Waals surface area contributed by atoms with Crippen LogP contribution in [0, 0.1) is 5.92 Å². The molecule has 0 spiro atoms. The third-order valence-electron chi connectivity index (χ3n) is 3.50. The lowest BCUT2D eigenvalue weighted by atomic mass is 10.0. The van der Waals surface area contributed by atoms with Crippen molar-refractivity contribution < 1.29 is 24.3 Å². The minimum absolute atomic E-state index is 0.101. The molecule has 0 rings (SSSR count). The molecule has 0 aliphatic rings. The number of carbonyl (C=O) groups is 4. The lowest BCUT2D eigenvalue weighted by molar-refractivity contribution is -0.138. The molecule has 0 aromatic rings. The van der Waals surface area contributed by atoms with Crippen molar-refractivity contribution in [1.82, 2.24) is 16.0 Å². The molecule has 0 radical (unpaired) electrons. The number of amides is 3. The third-order valence-corrected chi connectivity index (χ3v) is 3.50. The van der Waals surface area contributed by atoms with Crippen LogP contribution in [0.4, 0.5) is 0 Å². The second-order valence-electron chi connectivity index (χ2n) is 6.63. The predicted octanol–water partition coefficient (Wildman–Crippen LogP) is -2.78. The quantitative estimate of drug-likeness (QED) is 0.0970. The van der Waals surface area contributed by atoms with Crippen molar-refractivity contribution in [2.75, 3.05) is 19.6 Å². The first kappa shape index (κ1) is 25.1. The molecule has 0 saturated carbocycles. The molecule has 12 heteroatoms. The fraction of sp³-hybridized carbons (Fsp3) is 0.688. The molecule has 0 bridgehead atoms. The highest BCUT2D eigenvalue weighted by atomic mass is 16.4. The van der Waals surface area contributed by atoms with Gasteiger partial charge in [-0.15, -0.1) is 0 Å². The molecule has 2 atom stereocenters. The molecule has 0 fully saturated rings. The number of nitrogens with zero attached hydrogens (tertiary/aromatic N) is 1. The van der Waals surface area contributed by atoms with Crippen LogP contribution in [0.5, 0.6) is 0 Å². The zero-order valence-electron chi connectivity index (χ0n) is 16.2. The van der Waals surface area contributed by atoms with Gasteiger partial charge >= 0.3 is 5.97 Å². The fourth-order valence-corrected chi connectivity index (χ4v) is 2.22. The van der Waals surface area contributed by atoms with Gasteiger partial charge in [0, 0.05) is 6.54 Å². The summed E-state index contributed by atoms with van der Waals surface area (Å²) >= 11 is 0. The van der Waals surface area contributed by atoms with Crippen LogP contribution in [-0.2, 0) is 19.2 Å². The zero-order valence-corrected chi connectivity index (χ0v) is 16.2. The Bertz CT molecular complexity index is 576. The molecular formula is C16H31N7O5. The highest BCUT2D eigenvalue weighted by molar-refractivity contribution is 5.91. The lowest BCUT2D eigenvalue weighted by Gasteiger charge is -2.19. The van der Waals surface area contributed by atoms with Gasteiger partial charge in [-0.25, -0.2) is 0 Å². The number of rotatable bonds is 13.